The fourth-order valence-electron chi connectivity index (χ4n) is 2.28. The van der Waals surface area contributed by atoms with Gasteiger partial charge in [0.25, 0.3) is 0 Å². The summed E-state index contributed by atoms with van der Waals surface area (Å²) in [6.45, 7) is 9.60. The van der Waals surface area contributed by atoms with Crippen LogP contribution in [0.25, 0.3) is 0 Å². The van der Waals surface area contributed by atoms with Gasteiger partial charge in [-0.2, -0.15) is 4.98 Å². The number of nitrogens with zero attached hydrogens (tertiary/aromatic N) is 2. The van der Waals surface area contributed by atoms with E-state index >= 15 is 0 Å². The van der Waals surface area contributed by atoms with E-state index in [-0.39, 0.29) is 5.92 Å². The maximum absolute atomic E-state index is 5.88. The van der Waals surface area contributed by atoms with Crippen LogP contribution in [0.5, 0.6) is 0 Å². The minimum absolute atomic E-state index is 0.248. The average Bonchev–Trinajstić information content (AvgIpc) is 2.92. The zero-order valence-electron chi connectivity index (χ0n) is 12.6. The molecule has 0 saturated carbocycles. The molecule has 0 bridgehead atoms. The van der Waals surface area contributed by atoms with Crippen LogP contribution in [0.15, 0.2) is 4.52 Å². The Labute approximate surface area is 115 Å². The Balaban J connectivity index is 2.86. The van der Waals surface area contributed by atoms with Gasteiger partial charge in [0.05, 0.1) is 0 Å². The molecule has 19 heavy (non-hydrogen) atoms. The van der Waals surface area contributed by atoms with Crippen molar-refractivity contribution in [3.63, 3.8) is 0 Å². The van der Waals surface area contributed by atoms with Crippen molar-refractivity contribution in [1.82, 2.24) is 10.1 Å². The monoisotopic (exact) mass is 269 g/mol. The van der Waals surface area contributed by atoms with Crippen molar-refractivity contribution in [2.75, 3.05) is 13.2 Å². The van der Waals surface area contributed by atoms with Crippen molar-refractivity contribution in [1.29, 1.82) is 0 Å². The fraction of sp³-hybridized carbons (Fsp3) is 0.857. The third-order valence-corrected chi connectivity index (χ3v) is 3.67. The van der Waals surface area contributed by atoms with Gasteiger partial charge in [0.15, 0.2) is 0 Å². The van der Waals surface area contributed by atoms with Gasteiger partial charge in [0.2, 0.25) is 11.7 Å². The van der Waals surface area contributed by atoms with Crippen LogP contribution in [-0.4, -0.2) is 23.3 Å². The summed E-state index contributed by atoms with van der Waals surface area (Å²) in [6.07, 6.45) is 3.62. The lowest BCUT2D eigenvalue weighted by Gasteiger charge is -2.27. The highest BCUT2D eigenvalue weighted by Gasteiger charge is 2.34. The number of hydrogen-bond acceptors (Lipinski definition) is 5. The molecule has 110 valence electrons. The van der Waals surface area contributed by atoms with Gasteiger partial charge in [-0.15, -0.1) is 0 Å². The Bertz CT molecular complexity index is 361. The molecule has 1 atom stereocenters. The Hall–Kier alpha value is -0.940. The summed E-state index contributed by atoms with van der Waals surface area (Å²) >= 11 is 0. The number of aromatic nitrogens is 2. The van der Waals surface area contributed by atoms with Gasteiger partial charge < -0.3 is 15.0 Å². The van der Waals surface area contributed by atoms with Crippen molar-refractivity contribution in [3.05, 3.63) is 11.7 Å². The summed E-state index contributed by atoms with van der Waals surface area (Å²) in [6, 6.07) is 0. The van der Waals surface area contributed by atoms with Crippen molar-refractivity contribution in [3.8, 4) is 0 Å². The van der Waals surface area contributed by atoms with E-state index < -0.39 is 5.60 Å². The molecule has 0 aliphatic rings. The van der Waals surface area contributed by atoms with Gasteiger partial charge in [0.1, 0.15) is 5.60 Å². The summed E-state index contributed by atoms with van der Waals surface area (Å²) in [5.74, 6) is 1.61. The molecule has 0 fully saturated rings. The van der Waals surface area contributed by atoms with Crippen LogP contribution in [-0.2, 0) is 10.3 Å². The first-order valence-corrected chi connectivity index (χ1v) is 7.31. The van der Waals surface area contributed by atoms with Crippen LogP contribution < -0.4 is 5.73 Å². The lowest BCUT2D eigenvalue weighted by Crippen LogP contribution is -2.29. The molecule has 5 heteroatoms. The molecule has 0 spiro atoms. The van der Waals surface area contributed by atoms with Gasteiger partial charge in [-0.3, -0.25) is 0 Å². The van der Waals surface area contributed by atoms with E-state index in [1.807, 2.05) is 6.92 Å². The first-order chi connectivity index (χ1) is 9.13. The zero-order chi connectivity index (χ0) is 14.3. The topological polar surface area (TPSA) is 74.2 Å². The molecule has 0 radical (unpaired) electrons. The molecule has 1 rings (SSSR count). The molecular weight excluding hydrogens is 242 g/mol. The third kappa shape index (κ3) is 3.76. The normalized spacial score (nSPS) is 13.7. The third-order valence-electron chi connectivity index (χ3n) is 3.67. The summed E-state index contributed by atoms with van der Waals surface area (Å²) in [7, 11) is 0. The van der Waals surface area contributed by atoms with E-state index in [1.165, 1.54) is 0 Å². The van der Waals surface area contributed by atoms with E-state index in [2.05, 4.69) is 30.9 Å². The number of hydrogen-bond donors (Lipinski definition) is 1. The predicted octanol–water partition coefficient (Wildman–Crippen LogP) is 2.96. The number of rotatable bonds is 9. The van der Waals surface area contributed by atoms with Crippen molar-refractivity contribution < 1.29 is 9.26 Å². The maximum atomic E-state index is 5.88. The molecule has 0 saturated heterocycles. The highest BCUT2D eigenvalue weighted by Crippen LogP contribution is 2.32. The lowest BCUT2D eigenvalue weighted by atomic mass is 9.96. The van der Waals surface area contributed by atoms with E-state index in [0.29, 0.717) is 24.9 Å². The lowest BCUT2D eigenvalue weighted by molar-refractivity contribution is -0.0583. The summed E-state index contributed by atoms with van der Waals surface area (Å²) < 4.78 is 11.3. The SMILES string of the molecule is CCOC(CC)(CC)c1noc(C(C)CCCN)n1. The van der Waals surface area contributed by atoms with Crippen LogP contribution in [0.4, 0.5) is 0 Å². The highest BCUT2D eigenvalue weighted by molar-refractivity contribution is 5.03. The minimum atomic E-state index is -0.413. The molecule has 1 aromatic heterocycles. The fourth-order valence-corrected chi connectivity index (χ4v) is 2.28. The van der Waals surface area contributed by atoms with Crippen molar-refractivity contribution in [2.45, 2.75) is 64.9 Å². The van der Waals surface area contributed by atoms with Gasteiger partial charge >= 0.3 is 0 Å². The van der Waals surface area contributed by atoms with Crippen LogP contribution in [0.1, 0.15) is 71.0 Å². The van der Waals surface area contributed by atoms with E-state index in [9.17, 15) is 0 Å². The van der Waals surface area contributed by atoms with Gasteiger partial charge in [-0.05, 0) is 39.2 Å². The van der Waals surface area contributed by atoms with Gasteiger partial charge in [-0.25, -0.2) is 0 Å². The summed E-state index contributed by atoms with van der Waals surface area (Å²) in [4.78, 5) is 4.55. The van der Waals surface area contributed by atoms with Crippen LogP contribution in [0, 0.1) is 0 Å². The molecule has 1 heterocycles. The van der Waals surface area contributed by atoms with Crippen molar-refractivity contribution in [2.24, 2.45) is 5.73 Å². The van der Waals surface area contributed by atoms with Crippen LogP contribution in [0.2, 0.25) is 0 Å². The number of ether oxygens (including phenoxy) is 1. The van der Waals surface area contributed by atoms with Crippen molar-refractivity contribution >= 4 is 0 Å². The van der Waals surface area contributed by atoms with E-state index in [1.54, 1.807) is 0 Å². The Morgan fingerprint density at radius 2 is 2.00 bits per heavy atom. The van der Waals surface area contributed by atoms with E-state index in [0.717, 1.165) is 25.7 Å². The Morgan fingerprint density at radius 3 is 2.53 bits per heavy atom. The first kappa shape index (κ1) is 16.1. The number of nitrogens with two attached hydrogens (primary N) is 1. The molecule has 0 amide bonds. The van der Waals surface area contributed by atoms with Crippen LogP contribution in [0.3, 0.4) is 0 Å². The molecule has 1 aromatic rings. The van der Waals surface area contributed by atoms with Gasteiger partial charge in [0, 0.05) is 12.5 Å². The predicted molar refractivity (Wildman–Crippen MR) is 74.9 cm³/mol. The summed E-state index contributed by atoms with van der Waals surface area (Å²) in [5, 5.41) is 4.14. The minimum Gasteiger partial charge on any atom is -0.367 e. The molecule has 0 aromatic carbocycles. The highest BCUT2D eigenvalue weighted by atomic mass is 16.5. The largest absolute Gasteiger partial charge is 0.367 e. The molecule has 0 aliphatic heterocycles. The molecular formula is C14H27N3O2. The Kier molecular flexibility index (Phi) is 6.45. The average molecular weight is 269 g/mol. The second kappa shape index (κ2) is 7.60. The quantitative estimate of drug-likeness (QED) is 0.746. The maximum Gasteiger partial charge on any atom is 0.229 e. The smallest absolute Gasteiger partial charge is 0.229 e. The second-order valence-corrected chi connectivity index (χ2v) is 4.92. The Morgan fingerprint density at radius 1 is 1.32 bits per heavy atom. The van der Waals surface area contributed by atoms with Crippen LogP contribution >= 0.6 is 0 Å². The first-order valence-electron chi connectivity index (χ1n) is 7.31. The van der Waals surface area contributed by atoms with E-state index in [4.69, 9.17) is 15.0 Å². The molecule has 5 nitrogen and oxygen atoms in total. The van der Waals surface area contributed by atoms with Gasteiger partial charge in [-0.1, -0.05) is 25.9 Å². The molecule has 2 N–H and O–H groups in total. The molecule has 1 unspecified atom stereocenters. The zero-order valence-corrected chi connectivity index (χ0v) is 12.6. The summed E-state index contributed by atoms with van der Waals surface area (Å²) in [5.41, 5.74) is 5.11. The molecule has 0 aliphatic carbocycles. The second-order valence-electron chi connectivity index (χ2n) is 4.92. The standard InChI is InChI=1S/C14H27N3O2/c1-5-14(6-2,18-7-3)13-16-12(19-17-13)11(4)9-8-10-15/h11H,5-10,15H2,1-4H3.